The number of halogens is 1. The van der Waals surface area contributed by atoms with Crippen LogP contribution in [0.4, 0.5) is 10.1 Å². The van der Waals surface area contributed by atoms with Crippen molar-refractivity contribution in [3.63, 3.8) is 0 Å². The van der Waals surface area contributed by atoms with Gasteiger partial charge in [0.05, 0.1) is 12.2 Å². The first-order valence-corrected chi connectivity index (χ1v) is 4.68. The Balaban J connectivity index is 2.83. The molecule has 0 heterocycles. The molecule has 0 saturated heterocycles. The lowest BCUT2D eigenvalue weighted by Gasteiger charge is -2.22. The number of rotatable bonds is 4. The molecule has 82 valence electrons. The van der Waals surface area contributed by atoms with E-state index >= 15 is 0 Å². The van der Waals surface area contributed by atoms with Gasteiger partial charge in [-0.1, -0.05) is 12.1 Å². The van der Waals surface area contributed by atoms with E-state index in [1.54, 1.807) is 23.1 Å². The van der Waals surface area contributed by atoms with Crippen molar-refractivity contribution in [1.82, 2.24) is 5.43 Å². The van der Waals surface area contributed by atoms with Gasteiger partial charge in [-0.3, -0.25) is 10.2 Å². The smallest absolute Gasteiger partial charge is 0.253 e. The summed E-state index contributed by atoms with van der Waals surface area (Å²) in [5, 5.41) is 0. The lowest BCUT2D eigenvalue weighted by atomic mass is 10.2. The van der Waals surface area contributed by atoms with E-state index in [1.165, 1.54) is 6.07 Å². The molecule has 0 aliphatic heterocycles. The van der Waals surface area contributed by atoms with Gasteiger partial charge in [-0.15, -0.1) is 0 Å². The van der Waals surface area contributed by atoms with E-state index in [2.05, 4.69) is 0 Å². The van der Waals surface area contributed by atoms with Crippen molar-refractivity contribution in [1.29, 1.82) is 0 Å². The van der Waals surface area contributed by atoms with Crippen LogP contribution in [0.2, 0.25) is 0 Å². The van der Waals surface area contributed by atoms with Gasteiger partial charge in [-0.25, -0.2) is 10.2 Å². The summed E-state index contributed by atoms with van der Waals surface area (Å²) in [7, 11) is 0. The molecule has 5 heteroatoms. The zero-order valence-corrected chi connectivity index (χ0v) is 8.53. The highest BCUT2D eigenvalue weighted by atomic mass is 19.1. The monoisotopic (exact) mass is 211 g/mol. The predicted octanol–water partition coefficient (Wildman–Crippen LogP) is 0.642. The average Bonchev–Trinajstić information content (AvgIpc) is 2.26. The molecular formula is C10H14FN3O. The summed E-state index contributed by atoms with van der Waals surface area (Å²) in [5.41, 5.74) is 2.42. The number of likely N-dealkylation sites (N-methyl/N-ethyl adjacent to an activating group) is 1. The van der Waals surface area contributed by atoms with Gasteiger partial charge in [0.2, 0.25) is 0 Å². The maximum Gasteiger partial charge on any atom is 0.253 e. The van der Waals surface area contributed by atoms with Crippen molar-refractivity contribution in [2.75, 3.05) is 18.0 Å². The molecule has 1 aromatic carbocycles. The van der Waals surface area contributed by atoms with E-state index in [9.17, 15) is 9.18 Å². The third kappa shape index (κ3) is 2.92. The first kappa shape index (κ1) is 11.5. The molecule has 15 heavy (non-hydrogen) atoms. The van der Waals surface area contributed by atoms with Crippen molar-refractivity contribution in [2.24, 2.45) is 5.84 Å². The van der Waals surface area contributed by atoms with Crippen molar-refractivity contribution in [3.8, 4) is 0 Å². The normalized spacial score (nSPS) is 9.80. The van der Waals surface area contributed by atoms with E-state index in [0.717, 1.165) is 0 Å². The highest BCUT2D eigenvalue weighted by molar-refractivity contribution is 5.80. The molecule has 0 aliphatic rings. The molecular weight excluding hydrogens is 197 g/mol. The number of para-hydroxylation sites is 1. The third-order valence-corrected chi connectivity index (χ3v) is 2.07. The molecule has 3 N–H and O–H groups in total. The van der Waals surface area contributed by atoms with E-state index in [0.29, 0.717) is 12.2 Å². The second-order valence-electron chi connectivity index (χ2n) is 3.03. The molecule has 0 radical (unpaired) electrons. The number of anilines is 1. The quantitative estimate of drug-likeness (QED) is 0.436. The summed E-state index contributed by atoms with van der Waals surface area (Å²) in [6, 6.07) is 6.32. The second kappa shape index (κ2) is 5.31. The van der Waals surface area contributed by atoms with Gasteiger partial charge in [0.1, 0.15) is 5.82 Å². The lowest BCUT2D eigenvalue weighted by Crippen LogP contribution is -2.40. The topological polar surface area (TPSA) is 58.4 Å². The summed E-state index contributed by atoms with van der Waals surface area (Å²) in [6.45, 7) is 2.43. The Labute approximate surface area is 87.8 Å². The van der Waals surface area contributed by atoms with Crippen LogP contribution in [0.3, 0.4) is 0 Å². The fourth-order valence-electron chi connectivity index (χ4n) is 1.29. The fourth-order valence-corrected chi connectivity index (χ4v) is 1.29. The lowest BCUT2D eigenvalue weighted by molar-refractivity contribution is -0.119. The third-order valence-electron chi connectivity index (χ3n) is 2.07. The Morgan fingerprint density at radius 3 is 2.73 bits per heavy atom. The van der Waals surface area contributed by atoms with Gasteiger partial charge >= 0.3 is 0 Å². The molecule has 0 bridgehead atoms. The number of hydrogen-bond acceptors (Lipinski definition) is 3. The Hall–Kier alpha value is -1.62. The number of amides is 1. The number of nitrogens with zero attached hydrogens (tertiary/aromatic N) is 1. The molecule has 0 unspecified atom stereocenters. The van der Waals surface area contributed by atoms with Gasteiger partial charge in [-0.05, 0) is 19.1 Å². The van der Waals surface area contributed by atoms with Crippen molar-refractivity contribution in [2.45, 2.75) is 6.92 Å². The molecule has 1 amide bonds. The fraction of sp³-hybridized carbons (Fsp3) is 0.300. The summed E-state index contributed by atoms with van der Waals surface area (Å²) in [6.07, 6.45) is 0. The predicted molar refractivity (Wildman–Crippen MR) is 56.6 cm³/mol. The van der Waals surface area contributed by atoms with E-state index in [-0.39, 0.29) is 18.3 Å². The van der Waals surface area contributed by atoms with Crippen molar-refractivity contribution in [3.05, 3.63) is 30.1 Å². The van der Waals surface area contributed by atoms with Crippen molar-refractivity contribution < 1.29 is 9.18 Å². The van der Waals surface area contributed by atoms with Crippen molar-refractivity contribution >= 4 is 11.6 Å². The molecule has 0 aromatic heterocycles. The second-order valence-corrected chi connectivity index (χ2v) is 3.03. The standard InChI is InChI=1S/C10H14FN3O/c1-2-14(7-10(15)13-12)9-6-4-3-5-8(9)11/h3-6H,2,7,12H2,1H3,(H,13,15). The number of nitrogens with two attached hydrogens (primary N) is 1. The van der Waals surface area contributed by atoms with Gasteiger partial charge in [0.25, 0.3) is 5.91 Å². The summed E-state index contributed by atoms with van der Waals surface area (Å²) < 4.78 is 13.4. The first-order chi connectivity index (χ1) is 7.19. The number of carbonyl (C=O) groups excluding carboxylic acids is 1. The van der Waals surface area contributed by atoms with Crippen LogP contribution in [0.1, 0.15) is 6.92 Å². The van der Waals surface area contributed by atoms with Gasteiger partial charge in [-0.2, -0.15) is 0 Å². The molecule has 0 aliphatic carbocycles. The minimum Gasteiger partial charge on any atom is -0.360 e. The van der Waals surface area contributed by atoms with Gasteiger partial charge in [0.15, 0.2) is 0 Å². The molecule has 0 atom stereocenters. The minimum atomic E-state index is -0.347. The average molecular weight is 211 g/mol. The van der Waals surface area contributed by atoms with Crippen LogP contribution in [0.15, 0.2) is 24.3 Å². The summed E-state index contributed by atoms with van der Waals surface area (Å²) in [5.74, 6) is 4.28. The molecule has 0 spiro atoms. The zero-order chi connectivity index (χ0) is 11.3. The summed E-state index contributed by atoms with van der Waals surface area (Å²) in [4.78, 5) is 12.7. The maximum atomic E-state index is 13.4. The van der Waals surface area contributed by atoms with Crippen LogP contribution in [-0.2, 0) is 4.79 Å². The SMILES string of the molecule is CCN(CC(=O)NN)c1ccccc1F. The number of hydrazine groups is 1. The Morgan fingerprint density at radius 1 is 1.53 bits per heavy atom. The van der Waals surface area contributed by atoms with Crippen LogP contribution in [0.25, 0.3) is 0 Å². The highest BCUT2D eigenvalue weighted by Crippen LogP contribution is 2.17. The van der Waals surface area contributed by atoms with Gasteiger partial charge in [0, 0.05) is 6.54 Å². The number of nitrogens with one attached hydrogen (secondary N) is 1. The van der Waals surface area contributed by atoms with Crippen LogP contribution < -0.4 is 16.2 Å². The Morgan fingerprint density at radius 2 is 2.20 bits per heavy atom. The Bertz CT molecular complexity index is 343. The maximum absolute atomic E-state index is 13.4. The molecule has 1 aromatic rings. The van der Waals surface area contributed by atoms with E-state index < -0.39 is 0 Å². The van der Waals surface area contributed by atoms with Crippen LogP contribution in [0.5, 0.6) is 0 Å². The Kier molecular flexibility index (Phi) is 4.05. The number of benzene rings is 1. The molecule has 1 rings (SSSR count). The van der Waals surface area contributed by atoms with Crippen LogP contribution >= 0.6 is 0 Å². The number of hydrogen-bond donors (Lipinski definition) is 2. The molecule has 4 nitrogen and oxygen atoms in total. The molecule has 0 saturated carbocycles. The van der Waals surface area contributed by atoms with E-state index in [4.69, 9.17) is 5.84 Å². The van der Waals surface area contributed by atoms with Gasteiger partial charge < -0.3 is 4.90 Å². The largest absolute Gasteiger partial charge is 0.360 e. The van der Waals surface area contributed by atoms with Crippen LogP contribution in [0, 0.1) is 5.82 Å². The minimum absolute atomic E-state index is 0.0495. The highest BCUT2D eigenvalue weighted by Gasteiger charge is 2.11. The molecule has 0 fully saturated rings. The first-order valence-electron chi connectivity index (χ1n) is 4.68. The summed E-state index contributed by atoms with van der Waals surface area (Å²) >= 11 is 0. The van der Waals surface area contributed by atoms with Crippen LogP contribution in [-0.4, -0.2) is 19.0 Å². The zero-order valence-electron chi connectivity index (χ0n) is 8.53. The van der Waals surface area contributed by atoms with E-state index in [1.807, 2.05) is 12.3 Å². The number of carbonyl (C=O) groups is 1.